The Morgan fingerprint density at radius 3 is 2.58 bits per heavy atom. The third-order valence-electron chi connectivity index (χ3n) is 3.99. The molecule has 1 saturated heterocycles. The van der Waals surface area contributed by atoms with Crippen LogP contribution in [-0.2, 0) is 9.53 Å². The zero-order valence-electron chi connectivity index (χ0n) is 13.8. The fourth-order valence-electron chi connectivity index (χ4n) is 2.68. The van der Waals surface area contributed by atoms with Crippen molar-refractivity contribution in [2.75, 3.05) is 26.3 Å². The lowest BCUT2D eigenvalue weighted by Crippen LogP contribution is -2.41. The molecule has 1 amide bonds. The van der Waals surface area contributed by atoms with Crippen LogP contribution in [-0.4, -0.2) is 48.2 Å². The normalized spacial score (nSPS) is 14.7. The number of amides is 1. The van der Waals surface area contributed by atoms with Crippen molar-refractivity contribution in [3.63, 3.8) is 0 Å². The first-order valence-corrected chi connectivity index (χ1v) is 8.01. The first-order valence-electron chi connectivity index (χ1n) is 8.01. The number of benzene rings is 1. The van der Waals surface area contributed by atoms with Crippen molar-refractivity contribution in [1.29, 1.82) is 5.26 Å². The summed E-state index contributed by atoms with van der Waals surface area (Å²) in [6.07, 6.45) is 1.37. The lowest BCUT2D eigenvalue weighted by atomic mass is 10.1. The summed E-state index contributed by atoms with van der Waals surface area (Å²) in [5, 5.41) is 18.6. The highest BCUT2D eigenvalue weighted by atomic mass is 16.5. The molecular weight excluding hydrogens is 336 g/mol. The van der Waals surface area contributed by atoms with Crippen molar-refractivity contribution in [1.82, 2.24) is 4.90 Å². The molecule has 2 aromatic rings. The molecule has 0 aliphatic carbocycles. The van der Waals surface area contributed by atoms with Crippen LogP contribution in [0.25, 0.3) is 17.4 Å². The van der Waals surface area contributed by atoms with Crippen LogP contribution < -0.4 is 0 Å². The van der Waals surface area contributed by atoms with Gasteiger partial charge in [-0.3, -0.25) is 4.79 Å². The molecule has 2 heterocycles. The minimum atomic E-state index is -1.06. The quantitative estimate of drug-likeness (QED) is 0.669. The molecular formula is C19H16N2O5. The van der Waals surface area contributed by atoms with E-state index in [-0.39, 0.29) is 17.0 Å². The third-order valence-corrected chi connectivity index (χ3v) is 3.99. The van der Waals surface area contributed by atoms with Gasteiger partial charge in [-0.25, -0.2) is 4.79 Å². The highest BCUT2D eigenvalue weighted by Gasteiger charge is 2.21. The van der Waals surface area contributed by atoms with Gasteiger partial charge in [-0.05, 0) is 18.2 Å². The molecule has 7 nitrogen and oxygen atoms in total. The Hall–Kier alpha value is -3.37. The standard InChI is InChI=1S/C19H16N2O5/c20-12-13(18(22)21-7-9-25-10-8-21)11-14-5-6-17(26-14)15-3-1-2-4-16(15)19(23)24/h1-6,11H,7-10H2,(H,23,24)/b13-11+. The highest BCUT2D eigenvalue weighted by molar-refractivity contribution is 6.01. The maximum absolute atomic E-state index is 12.4. The van der Waals surface area contributed by atoms with Crippen LogP contribution in [0.1, 0.15) is 16.1 Å². The molecule has 132 valence electrons. The summed E-state index contributed by atoms with van der Waals surface area (Å²) in [6, 6.07) is 11.6. The van der Waals surface area contributed by atoms with E-state index in [0.717, 1.165) is 0 Å². The maximum atomic E-state index is 12.4. The fourth-order valence-corrected chi connectivity index (χ4v) is 2.68. The molecule has 0 unspecified atom stereocenters. The van der Waals surface area contributed by atoms with Gasteiger partial charge in [0.15, 0.2) is 0 Å². The van der Waals surface area contributed by atoms with Gasteiger partial charge < -0.3 is 19.2 Å². The first kappa shape index (κ1) is 17.5. The van der Waals surface area contributed by atoms with Gasteiger partial charge in [-0.1, -0.05) is 18.2 Å². The van der Waals surface area contributed by atoms with Gasteiger partial charge in [0.25, 0.3) is 5.91 Å². The van der Waals surface area contributed by atoms with E-state index in [1.54, 1.807) is 35.2 Å². The minimum Gasteiger partial charge on any atom is -0.478 e. The molecule has 0 atom stereocenters. The summed E-state index contributed by atoms with van der Waals surface area (Å²) in [7, 11) is 0. The number of morpholine rings is 1. The van der Waals surface area contributed by atoms with Crippen LogP contribution in [0.4, 0.5) is 0 Å². The lowest BCUT2D eigenvalue weighted by molar-refractivity contribution is -0.130. The maximum Gasteiger partial charge on any atom is 0.336 e. The first-order chi connectivity index (χ1) is 12.6. The van der Waals surface area contributed by atoms with Gasteiger partial charge in [-0.2, -0.15) is 5.26 Å². The lowest BCUT2D eigenvalue weighted by Gasteiger charge is -2.26. The molecule has 7 heteroatoms. The number of carboxylic acids is 1. The van der Waals surface area contributed by atoms with E-state index >= 15 is 0 Å². The molecule has 0 radical (unpaired) electrons. The number of carbonyl (C=O) groups excluding carboxylic acids is 1. The van der Waals surface area contributed by atoms with Crippen molar-refractivity contribution in [3.05, 3.63) is 53.3 Å². The Morgan fingerprint density at radius 2 is 1.88 bits per heavy atom. The van der Waals surface area contributed by atoms with Gasteiger partial charge in [0, 0.05) is 24.7 Å². The Kier molecular flexibility index (Phi) is 5.15. The summed E-state index contributed by atoms with van der Waals surface area (Å²) in [5.41, 5.74) is 0.499. The zero-order valence-corrected chi connectivity index (χ0v) is 13.8. The van der Waals surface area contributed by atoms with E-state index < -0.39 is 5.97 Å². The fraction of sp³-hybridized carbons (Fsp3) is 0.211. The number of carboxylic acid groups (broad SMARTS) is 1. The van der Waals surface area contributed by atoms with Gasteiger partial charge >= 0.3 is 5.97 Å². The van der Waals surface area contributed by atoms with Crippen LogP contribution in [0.15, 0.2) is 46.4 Å². The largest absolute Gasteiger partial charge is 0.478 e. The number of furan rings is 1. The number of carbonyl (C=O) groups is 2. The number of ether oxygens (including phenoxy) is 1. The van der Waals surface area contributed by atoms with E-state index in [4.69, 9.17) is 9.15 Å². The highest BCUT2D eigenvalue weighted by Crippen LogP contribution is 2.27. The topological polar surface area (TPSA) is 104 Å². The molecule has 0 spiro atoms. The van der Waals surface area contributed by atoms with Crippen LogP contribution in [0.5, 0.6) is 0 Å². The van der Waals surface area contributed by atoms with Gasteiger partial charge in [0.2, 0.25) is 0 Å². The second-order valence-electron chi connectivity index (χ2n) is 5.63. The van der Waals surface area contributed by atoms with E-state index in [1.165, 1.54) is 12.1 Å². The Balaban J connectivity index is 1.87. The zero-order chi connectivity index (χ0) is 18.5. The predicted molar refractivity (Wildman–Crippen MR) is 92.1 cm³/mol. The molecule has 1 fully saturated rings. The van der Waals surface area contributed by atoms with Crippen molar-refractivity contribution < 1.29 is 23.8 Å². The van der Waals surface area contributed by atoms with Crippen molar-refractivity contribution in [2.24, 2.45) is 0 Å². The number of aromatic carboxylic acids is 1. The second-order valence-corrected chi connectivity index (χ2v) is 5.63. The van der Waals surface area contributed by atoms with Gasteiger partial charge in [-0.15, -0.1) is 0 Å². The predicted octanol–water partition coefficient (Wildman–Crippen LogP) is 2.41. The number of rotatable bonds is 4. The summed E-state index contributed by atoms with van der Waals surface area (Å²) >= 11 is 0. The van der Waals surface area contributed by atoms with Crippen molar-refractivity contribution >= 4 is 18.0 Å². The molecule has 1 aliphatic heterocycles. The monoisotopic (exact) mass is 352 g/mol. The van der Waals surface area contributed by atoms with E-state index in [1.807, 2.05) is 6.07 Å². The number of hydrogen-bond donors (Lipinski definition) is 1. The number of nitriles is 1. The second kappa shape index (κ2) is 7.68. The molecule has 1 aromatic carbocycles. The summed E-state index contributed by atoms with van der Waals surface area (Å²) in [4.78, 5) is 25.3. The third kappa shape index (κ3) is 3.66. The summed E-state index contributed by atoms with van der Waals surface area (Å²) in [6.45, 7) is 1.77. The SMILES string of the molecule is N#C/C(=C\c1ccc(-c2ccccc2C(=O)O)o1)C(=O)N1CCOCC1. The van der Waals surface area contributed by atoms with E-state index in [9.17, 15) is 20.0 Å². The van der Waals surface area contributed by atoms with Gasteiger partial charge in [0.1, 0.15) is 23.2 Å². The molecule has 1 N–H and O–H groups in total. The van der Waals surface area contributed by atoms with E-state index in [0.29, 0.717) is 43.4 Å². The Bertz CT molecular complexity index is 901. The molecule has 1 aromatic heterocycles. The minimum absolute atomic E-state index is 0.0423. The Morgan fingerprint density at radius 1 is 1.15 bits per heavy atom. The Labute approximate surface area is 149 Å². The summed E-state index contributed by atoms with van der Waals surface area (Å²) < 4.78 is 10.8. The number of nitrogens with zero attached hydrogens (tertiary/aromatic N) is 2. The molecule has 1 aliphatic rings. The van der Waals surface area contributed by atoms with Crippen molar-refractivity contribution in [2.45, 2.75) is 0 Å². The molecule has 3 rings (SSSR count). The molecule has 0 bridgehead atoms. The summed E-state index contributed by atoms with van der Waals surface area (Å²) in [5.74, 6) is -0.780. The average Bonchev–Trinajstić information content (AvgIpc) is 3.14. The van der Waals surface area contributed by atoms with Crippen LogP contribution in [0.2, 0.25) is 0 Å². The van der Waals surface area contributed by atoms with Gasteiger partial charge in [0.05, 0.1) is 18.8 Å². The van der Waals surface area contributed by atoms with Crippen LogP contribution >= 0.6 is 0 Å². The number of hydrogen-bond acceptors (Lipinski definition) is 5. The van der Waals surface area contributed by atoms with Crippen LogP contribution in [0, 0.1) is 11.3 Å². The molecule has 26 heavy (non-hydrogen) atoms. The van der Waals surface area contributed by atoms with Crippen molar-refractivity contribution in [3.8, 4) is 17.4 Å². The van der Waals surface area contributed by atoms with Crippen LogP contribution in [0.3, 0.4) is 0 Å². The average molecular weight is 352 g/mol. The molecule has 0 saturated carbocycles. The smallest absolute Gasteiger partial charge is 0.336 e. The van der Waals surface area contributed by atoms with E-state index in [2.05, 4.69) is 0 Å².